The van der Waals surface area contributed by atoms with Gasteiger partial charge in [-0.2, -0.15) is 0 Å². The predicted molar refractivity (Wildman–Crippen MR) is 70.8 cm³/mol. The van der Waals surface area contributed by atoms with Crippen molar-refractivity contribution >= 4 is 22.3 Å². The lowest BCUT2D eigenvalue weighted by Crippen LogP contribution is -2.48. The number of hydrogen-bond donors (Lipinski definition) is 2. The van der Waals surface area contributed by atoms with Gasteiger partial charge in [0.05, 0.1) is 4.88 Å². The van der Waals surface area contributed by atoms with Gasteiger partial charge in [-0.05, 0) is 56.3 Å². The largest absolute Gasteiger partial charge is 0.383 e. The Hall–Kier alpha value is -0.770. The van der Waals surface area contributed by atoms with Crippen LogP contribution in [0.4, 0.5) is 10.9 Å². The van der Waals surface area contributed by atoms with Crippen LogP contribution in [0.5, 0.6) is 0 Å². The lowest BCUT2D eigenvalue weighted by Gasteiger charge is -2.56. The van der Waals surface area contributed by atoms with E-state index in [0.717, 1.165) is 23.6 Å². The zero-order valence-electron chi connectivity index (χ0n) is 9.98. The lowest BCUT2D eigenvalue weighted by atomic mass is 9.49. The topological polar surface area (TPSA) is 64.9 Å². The summed E-state index contributed by atoms with van der Waals surface area (Å²) in [4.78, 5) is 5.56. The van der Waals surface area contributed by atoms with Crippen molar-refractivity contribution in [2.45, 2.75) is 43.9 Å². The molecule has 4 N–H and O–H groups in total. The molecular formula is C13H19N3S. The maximum absolute atomic E-state index is 6.08. The summed E-state index contributed by atoms with van der Waals surface area (Å²) in [7, 11) is 0. The van der Waals surface area contributed by atoms with Crippen LogP contribution < -0.4 is 11.5 Å². The molecule has 5 rings (SSSR count). The molecule has 0 saturated heterocycles. The van der Waals surface area contributed by atoms with E-state index in [4.69, 9.17) is 11.5 Å². The molecule has 4 saturated carbocycles. The van der Waals surface area contributed by atoms with Gasteiger partial charge in [0.15, 0.2) is 5.13 Å². The number of nitrogens with zero attached hydrogens (tertiary/aromatic N) is 1. The molecule has 4 aliphatic carbocycles. The zero-order chi connectivity index (χ0) is 11.6. The molecule has 1 heterocycles. The molecule has 0 atom stereocenters. The van der Waals surface area contributed by atoms with E-state index in [9.17, 15) is 0 Å². The number of nitrogen functional groups attached to an aromatic ring is 2. The summed E-state index contributed by atoms with van der Waals surface area (Å²) in [5.41, 5.74) is 12.3. The summed E-state index contributed by atoms with van der Waals surface area (Å²) >= 11 is 1.64. The van der Waals surface area contributed by atoms with Crippen molar-refractivity contribution in [3.8, 4) is 0 Å². The molecule has 0 aromatic carbocycles. The fraction of sp³-hybridized carbons (Fsp3) is 0.769. The SMILES string of the molecule is Nc1nc(N)c(C23CC4CC(CC(C4)C2)C3)s1. The highest BCUT2D eigenvalue weighted by Crippen LogP contribution is 2.62. The molecule has 4 heteroatoms. The maximum Gasteiger partial charge on any atom is 0.182 e. The molecule has 1 aromatic heterocycles. The Balaban J connectivity index is 1.79. The van der Waals surface area contributed by atoms with Crippen LogP contribution in [0.1, 0.15) is 43.4 Å². The van der Waals surface area contributed by atoms with Gasteiger partial charge in [0.2, 0.25) is 0 Å². The van der Waals surface area contributed by atoms with Gasteiger partial charge in [0, 0.05) is 5.41 Å². The van der Waals surface area contributed by atoms with Crippen molar-refractivity contribution in [1.29, 1.82) is 0 Å². The third-order valence-corrected chi connectivity index (χ3v) is 6.34. The van der Waals surface area contributed by atoms with E-state index in [1.807, 2.05) is 0 Å². The molecular weight excluding hydrogens is 230 g/mol. The third kappa shape index (κ3) is 1.36. The number of thiazole rings is 1. The first-order valence-corrected chi connectivity index (χ1v) is 7.48. The predicted octanol–water partition coefficient (Wildman–Crippen LogP) is 2.78. The van der Waals surface area contributed by atoms with Gasteiger partial charge < -0.3 is 11.5 Å². The highest BCUT2D eigenvalue weighted by Gasteiger charge is 2.53. The normalized spacial score (nSPS) is 43.2. The minimum Gasteiger partial charge on any atom is -0.383 e. The summed E-state index contributed by atoms with van der Waals surface area (Å²) < 4.78 is 0. The second-order valence-corrected chi connectivity index (χ2v) is 7.50. The quantitative estimate of drug-likeness (QED) is 0.804. The standard InChI is InChI=1S/C13H19N3S/c14-11-10(17-12(15)16-11)13-4-7-1-8(5-13)3-9(2-7)6-13/h7-9H,1-6,14H2,(H2,15,16). The van der Waals surface area contributed by atoms with Gasteiger partial charge >= 0.3 is 0 Å². The van der Waals surface area contributed by atoms with Crippen molar-refractivity contribution in [2.75, 3.05) is 11.5 Å². The highest BCUT2D eigenvalue weighted by molar-refractivity contribution is 7.16. The van der Waals surface area contributed by atoms with Crippen LogP contribution in [-0.2, 0) is 5.41 Å². The van der Waals surface area contributed by atoms with E-state index in [2.05, 4.69) is 4.98 Å². The number of anilines is 2. The first kappa shape index (κ1) is 10.2. The van der Waals surface area contributed by atoms with Crippen LogP contribution in [0.25, 0.3) is 0 Å². The van der Waals surface area contributed by atoms with Crippen molar-refractivity contribution in [3.63, 3.8) is 0 Å². The molecule has 0 amide bonds. The van der Waals surface area contributed by atoms with Gasteiger partial charge in [0.25, 0.3) is 0 Å². The maximum atomic E-state index is 6.08. The monoisotopic (exact) mass is 249 g/mol. The van der Waals surface area contributed by atoms with E-state index in [1.54, 1.807) is 11.3 Å². The molecule has 0 unspecified atom stereocenters. The summed E-state index contributed by atoms with van der Waals surface area (Å²) in [5.74, 6) is 3.56. The van der Waals surface area contributed by atoms with Crippen molar-refractivity contribution in [3.05, 3.63) is 4.88 Å². The van der Waals surface area contributed by atoms with Crippen molar-refractivity contribution in [2.24, 2.45) is 17.8 Å². The van der Waals surface area contributed by atoms with Crippen LogP contribution >= 0.6 is 11.3 Å². The fourth-order valence-electron chi connectivity index (χ4n) is 5.12. The van der Waals surface area contributed by atoms with Crippen LogP contribution in [0, 0.1) is 17.8 Å². The molecule has 4 fully saturated rings. The summed E-state index contributed by atoms with van der Waals surface area (Å²) in [6.07, 6.45) is 8.41. The van der Waals surface area contributed by atoms with Crippen molar-refractivity contribution in [1.82, 2.24) is 4.98 Å². The first-order chi connectivity index (χ1) is 8.14. The molecule has 0 radical (unpaired) electrons. The Morgan fingerprint density at radius 2 is 1.53 bits per heavy atom. The van der Waals surface area contributed by atoms with Gasteiger partial charge in [-0.3, -0.25) is 0 Å². The zero-order valence-corrected chi connectivity index (χ0v) is 10.8. The summed E-state index contributed by atoms with van der Waals surface area (Å²) in [6.45, 7) is 0. The Kier molecular flexibility index (Phi) is 1.89. The average molecular weight is 249 g/mol. The number of hydrogen-bond acceptors (Lipinski definition) is 4. The summed E-state index contributed by atoms with van der Waals surface area (Å²) in [5, 5.41) is 0.647. The fourth-order valence-corrected chi connectivity index (χ4v) is 6.09. The van der Waals surface area contributed by atoms with Crippen LogP contribution in [0.2, 0.25) is 0 Å². The number of nitrogens with two attached hydrogens (primary N) is 2. The highest BCUT2D eigenvalue weighted by atomic mass is 32.1. The van der Waals surface area contributed by atoms with E-state index < -0.39 is 0 Å². The third-order valence-electron chi connectivity index (χ3n) is 5.19. The van der Waals surface area contributed by atoms with Crippen LogP contribution in [0.15, 0.2) is 0 Å². The minimum atomic E-state index is 0.355. The van der Waals surface area contributed by atoms with Gasteiger partial charge in [0.1, 0.15) is 5.82 Å². The molecule has 0 aliphatic heterocycles. The Bertz CT molecular complexity index is 430. The van der Waals surface area contributed by atoms with Gasteiger partial charge in [-0.15, -0.1) is 0 Å². The van der Waals surface area contributed by atoms with E-state index >= 15 is 0 Å². The molecule has 92 valence electrons. The Morgan fingerprint density at radius 1 is 1.00 bits per heavy atom. The molecule has 17 heavy (non-hydrogen) atoms. The molecule has 3 nitrogen and oxygen atoms in total. The van der Waals surface area contributed by atoms with E-state index in [0.29, 0.717) is 10.5 Å². The van der Waals surface area contributed by atoms with Crippen LogP contribution in [0.3, 0.4) is 0 Å². The average Bonchev–Trinajstić information content (AvgIpc) is 2.56. The molecule has 1 aromatic rings. The van der Waals surface area contributed by atoms with Crippen LogP contribution in [-0.4, -0.2) is 4.98 Å². The molecule has 4 aliphatic rings. The second kappa shape index (κ2) is 3.16. The number of rotatable bonds is 1. The first-order valence-electron chi connectivity index (χ1n) is 6.67. The summed E-state index contributed by atoms with van der Waals surface area (Å²) in [6, 6.07) is 0. The Labute approximate surface area is 106 Å². The van der Waals surface area contributed by atoms with Crippen molar-refractivity contribution < 1.29 is 0 Å². The Morgan fingerprint density at radius 3 is 1.94 bits per heavy atom. The van der Waals surface area contributed by atoms with Gasteiger partial charge in [-0.25, -0.2) is 4.98 Å². The van der Waals surface area contributed by atoms with Gasteiger partial charge in [-0.1, -0.05) is 11.3 Å². The molecule has 4 bridgehead atoms. The smallest absolute Gasteiger partial charge is 0.182 e. The molecule has 0 spiro atoms. The number of aromatic nitrogens is 1. The van der Waals surface area contributed by atoms with E-state index in [1.165, 1.54) is 43.4 Å². The second-order valence-electron chi connectivity index (χ2n) is 6.46. The van der Waals surface area contributed by atoms with E-state index in [-0.39, 0.29) is 0 Å². The lowest BCUT2D eigenvalue weighted by molar-refractivity contribution is -0.00321. The minimum absolute atomic E-state index is 0.355.